The fourth-order valence-electron chi connectivity index (χ4n) is 5.19. The number of alkyl carbamates (subject to hydrolysis) is 1. The van der Waals surface area contributed by atoms with Crippen molar-refractivity contribution in [1.29, 1.82) is 0 Å². The number of likely N-dealkylation sites (tertiary alicyclic amines) is 1. The monoisotopic (exact) mass is 542 g/mol. The van der Waals surface area contributed by atoms with Crippen LogP contribution in [0.5, 0.6) is 11.5 Å². The van der Waals surface area contributed by atoms with E-state index in [4.69, 9.17) is 23.7 Å². The molecule has 0 unspecified atom stereocenters. The Morgan fingerprint density at radius 2 is 1.77 bits per heavy atom. The molecule has 4 heterocycles. The molecule has 2 aliphatic rings. The lowest BCUT2D eigenvalue weighted by Gasteiger charge is -2.32. The normalized spacial score (nSPS) is 15.8. The Balaban J connectivity index is 1.17. The second-order valence-electron chi connectivity index (χ2n) is 11.2. The van der Waals surface area contributed by atoms with Crippen molar-refractivity contribution in [3.63, 3.8) is 0 Å². The molecule has 1 amide bonds. The van der Waals surface area contributed by atoms with Crippen molar-refractivity contribution >= 4 is 6.09 Å². The maximum absolute atomic E-state index is 12.2. The van der Waals surface area contributed by atoms with Crippen LogP contribution < -0.4 is 14.8 Å². The summed E-state index contributed by atoms with van der Waals surface area (Å²) in [6.45, 7) is 8.36. The van der Waals surface area contributed by atoms with Gasteiger partial charge in [0.1, 0.15) is 11.3 Å². The molecule has 0 radical (unpaired) electrons. The summed E-state index contributed by atoms with van der Waals surface area (Å²) in [5.41, 5.74) is 4.62. The van der Waals surface area contributed by atoms with E-state index in [2.05, 4.69) is 34.5 Å². The molecule has 0 atom stereocenters. The van der Waals surface area contributed by atoms with E-state index in [-0.39, 0.29) is 18.9 Å². The van der Waals surface area contributed by atoms with Crippen molar-refractivity contribution in [1.82, 2.24) is 20.0 Å². The van der Waals surface area contributed by atoms with E-state index in [0.717, 1.165) is 77.8 Å². The van der Waals surface area contributed by atoms with Gasteiger partial charge < -0.3 is 23.9 Å². The predicted octanol–water partition coefficient (Wildman–Crippen LogP) is 6.02. The molecule has 0 saturated carbocycles. The van der Waals surface area contributed by atoms with Crippen LogP contribution in [0.2, 0.25) is 0 Å². The summed E-state index contributed by atoms with van der Waals surface area (Å²) in [7, 11) is 0. The summed E-state index contributed by atoms with van der Waals surface area (Å²) >= 11 is 0. The van der Waals surface area contributed by atoms with Gasteiger partial charge in [-0.05, 0) is 81.1 Å². The van der Waals surface area contributed by atoms with Crippen LogP contribution >= 0.6 is 0 Å². The lowest BCUT2D eigenvalue weighted by Crippen LogP contribution is -2.45. The summed E-state index contributed by atoms with van der Waals surface area (Å²) in [5.74, 6) is 2.31. The molecule has 0 bridgehead atoms. The number of aromatic nitrogens is 2. The van der Waals surface area contributed by atoms with E-state index in [9.17, 15) is 4.79 Å². The van der Waals surface area contributed by atoms with Gasteiger partial charge in [-0.15, -0.1) is 0 Å². The van der Waals surface area contributed by atoms with E-state index in [0.29, 0.717) is 0 Å². The van der Waals surface area contributed by atoms with Crippen LogP contribution in [0.4, 0.5) is 4.79 Å². The molecule has 0 spiro atoms. The topological polar surface area (TPSA) is 91.0 Å². The predicted molar refractivity (Wildman–Crippen MR) is 150 cm³/mol. The van der Waals surface area contributed by atoms with Crippen LogP contribution in [0.15, 0.2) is 71.5 Å². The van der Waals surface area contributed by atoms with E-state index >= 15 is 0 Å². The van der Waals surface area contributed by atoms with Crippen LogP contribution in [0, 0.1) is 0 Å². The zero-order valence-corrected chi connectivity index (χ0v) is 23.1. The highest BCUT2D eigenvalue weighted by atomic mass is 16.7. The number of amides is 1. The van der Waals surface area contributed by atoms with Gasteiger partial charge in [-0.25, -0.2) is 9.48 Å². The van der Waals surface area contributed by atoms with Gasteiger partial charge >= 0.3 is 6.09 Å². The Morgan fingerprint density at radius 1 is 1.02 bits per heavy atom. The highest BCUT2D eigenvalue weighted by Crippen LogP contribution is 2.36. The average Bonchev–Trinajstić information content (AvgIpc) is 3.69. The molecule has 9 nitrogen and oxygen atoms in total. The summed E-state index contributed by atoms with van der Waals surface area (Å²) < 4.78 is 24.2. The van der Waals surface area contributed by atoms with Gasteiger partial charge in [-0.1, -0.05) is 18.2 Å². The number of hydrogen-bond donors (Lipinski definition) is 1. The van der Waals surface area contributed by atoms with Crippen molar-refractivity contribution in [3.05, 3.63) is 72.6 Å². The minimum atomic E-state index is -0.501. The van der Waals surface area contributed by atoms with Crippen LogP contribution in [0.1, 0.15) is 39.2 Å². The van der Waals surface area contributed by atoms with E-state index in [1.165, 1.54) is 0 Å². The van der Waals surface area contributed by atoms with Gasteiger partial charge in [-0.2, -0.15) is 5.10 Å². The zero-order valence-electron chi connectivity index (χ0n) is 23.1. The molecule has 0 aliphatic carbocycles. The molecule has 1 fully saturated rings. The third kappa shape index (κ3) is 5.70. The third-order valence-corrected chi connectivity index (χ3v) is 7.12. The minimum absolute atomic E-state index is 0.113. The molecule has 6 rings (SSSR count). The SMILES string of the molecule is CC(C)(C)OC(=O)NC1CCN(Cc2cnn(-c3ccc(-c4ccc5c(c4)OCO5)cc3)c2-c2ccco2)CC1. The number of carbonyl (C=O) groups excluding carboxylic acids is 1. The number of fused-ring (bicyclic) bond motifs is 1. The Labute approximate surface area is 233 Å². The summed E-state index contributed by atoms with van der Waals surface area (Å²) in [4.78, 5) is 14.6. The summed E-state index contributed by atoms with van der Waals surface area (Å²) in [6.07, 6.45) is 4.99. The molecular weight excluding hydrogens is 508 g/mol. The van der Waals surface area contributed by atoms with Gasteiger partial charge in [-0.3, -0.25) is 4.90 Å². The summed E-state index contributed by atoms with van der Waals surface area (Å²) in [5, 5.41) is 7.78. The standard InChI is InChI=1S/C31H34N4O5/c1-31(2,3)40-30(36)33-24-12-14-34(15-13-24)19-23-18-32-35(29(23)27-5-4-16-37-27)25-9-6-21(7-10-25)22-8-11-26-28(17-22)39-20-38-26/h4-11,16-18,24H,12-15,19-20H2,1-3H3,(H,33,36). The molecule has 2 aromatic carbocycles. The highest BCUT2D eigenvalue weighted by molar-refractivity contribution is 5.69. The van der Waals surface area contributed by atoms with Crippen molar-refractivity contribution in [3.8, 4) is 39.8 Å². The smallest absolute Gasteiger partial charge is 0.407 e. The van der Waals surface area contributed by atoms with Crippen LogP contribution in [-0.4, -0.2) is 52.3 Å². The summed E-state index contributed by atoms with van der Waals surface area (Å²) in [6, 6.07) is 18.3. The van der Waals surface area contributed by atoms with Crippen molar-refractivity contribution in [2.24, 2.45) is 0 Å². The first-order valence-corrected chi connectivity index (χ1v) is 13.7. The van der Waals surface area contributed by atoms with Crippen molar-refractivity contribution in [2.75, 3.05) is 19.9 Å². The Hall–Kier alpha value is -4.24. The lowest BCUT2D eigenvalue weighted by atomic mass is 10.0. The molecule has 9 heteroatoms. The van der Waals surface area contributed by atoms with Crippen molar-refractivity contribution < 1.29 is 23.4 Å². The number of benzene rings is 2. The maximum atomic E-state index is 12.2. The molecule has 40 heavy (non-hydrogen) atoms. The number of nitrogens with one attached hydrogen (secondary N) is 1. The number of ether oxygens (including phenoxy) is 3. The van der Waals surface area contributed by atoms with E-state index in [1.54, 1.807) is 6.26 Å². The molecule has 208 valence electrons. The molecule has 2 aromatic heterocycles. The van der Waals surface area contributed by atoms with Gasteiger partial charge in [0.05, 0.1) is 18.1 Å². The van der Waals surface area contributed by atoms with Gasteiger partial charge in [0.25, 0.3) is 0 Å². The highest BCUT2D eigenvalue weighted by Gasteiger charge is 2.26. The lowest BCUT2D eigenvalue weighted by molar-refractivity contribution is 0.0477. The van der Waals surface area contributed by atoms with Crippen molar-refractivity contribution in [2.45, 2.75) is 51.8 Å². The molecule has 2 aliphatic heterocycles. The second-order valence-corrected chi connectivity index (χ2v) is 11.2. The quantitative estimate of drug-likeness (QED) is 0.319. The van der Waals surface area contributed by atoms with Crippen LogP contribution in [0.3, 0.4) is 0 Å². The first kappa shape index (κ1) is 26.0. The number of hydrogen-bond acceptors (Lipinski definition) is 7. The van der Waals surface area contributed by atoms with E-state index in [1.807, 2.05) is 62.0 Å². The minimum Gasteiger partial charge on any atom is -0.463 e. The molecule has 4 aromatic rings. The molecule has 1 N–H and O–H groups in total. The first-order chi connectivity index (χ1) is 19.3. The molecular formula is C31H34N4O5. The van der Waals surface area contributed by atoms with Gasteiger partial charge in [0.15, 0.2) is 17.3 Å². The van der Waals surface area contributed by atoms with Crippen LogP contribution in [0.25, 0.3) is 28.3 Å². The third-order valence-electron chi connectivity index (χ3n) is 7.12. The largest absolute Gasteiger partial charge is 0.463 e. The first-order valence-electron chi connectivity index (χ1n) is 13.7. The Kier molecular flexibility index (Phi) is 6.98. The fraction of sp³-hybridized carbons (Fsp3) is 0.355. The molecule has 1 saturated heterocycles. The second kappa shape index (κ2) is 10.7. The number of furan rings is 1. The number of carbonyl (C=O) groups is 1. The van der Waals surface area contributed by atoms with Crippen LogP contribution in [-0.2, 0) is 11.3 Å². The average molecular weight is 543 g/mol. The number of piperidine rings is 1. The van der Waals surface area contributed by atoms with E-state index < -0.39 is 5.60 Å². The van der Waals surface area contributed by atoms with Gasteiger partial charge in [0.2, 0.25) is 6.79 Å². The fourth-order valence-corrected chi connectivity index (χ4v) is 5.19. The number of rotatable bonds is 6. The Bertz CT molecular complexity index is 1460. The van der Waals surface area contributed by atoms with Gasteiger partial charge in [0, 0.05) is 31.2 Å². The number of nitrogens with zero attached hydrogens (tertiary/aromatic N) is 3. The Morgan fingerprint density at radius 3 is 2.50 bits per heavy atom. The zero-order chi connectivity index (χ0) is 27.7. The maximum Gasteiger partial charge on any atom is 0.407 e.